The molecule has 1 heterocycles. The summed E-state index contributed by atoms with van der Waals surface area (Å²) in [7, 11) is 0. The van der Waals surface area contributed by atoms with Crippen LogP contribution in [0.3, 0.4) is 0 Å². The normalized spacial score (nSPS) is 34.9. The van der Waals surface area contributed by atoms with E-state index in [1.54, 1.807) is 0 Å². The fraction of sp³-hybridized carbons (Fsp3) is 0.500. The molecule has 1 saturated heterocycles. The third-order valence-corrected chi connectivity index (χ3v) is 3.19. The minimum atomic E-state index is -0.256. The maximum atomic E-state index is 4.96. The summed E-state index contributed by atoms with van der Waals surface area (Å²) >= 11 is 17.7. The van der Waals surface area contributed by atoms with Gasteiger partial charge in [0.25, 0.3) is 0 Å². The molecular formula is C4H4OS4. The molecular weight excluding hydrogens is 192 g/mol. The predicted octanol–water partition coefficient (Wildman–Crippen LogP) is 1.27. The van der Waals surface area contributed by atoms with Crippen LogP contribution in [0.25, 0.3) is 0 Å². The van der Waals surface area contributed by atoms with E-state index in [1.165, 1.54) is 0 Å². The van der Waals surface area contributed by atoms with Crippen molar-refractivity contribution < 1.29 is 4.74 Å². The second kappa shape index (κ2) is 2.74. The van der Waals surface area contributed by atoms with Crippen LogP contribution < -0.4 is 0 Å². The van der Waals surface area contributed by atoms with Crippen molar-refractivity contribution in [3.8, 4) is 0 Å². The van der Waals surface area contributed by atoms with Crippen molar-refractivity contribution in [2.24, 2.45) is 0 Å². The summed E-state index contributed by atoms with van der Waals surface area (Å²) in [5.41, 5.74) is -0.256. The average molecular weight is 196 g/mol. The molecule has 1 aliphatic rings. The van der Waals surface area contributed by atoms with Gasteiger partial charge in [-0.25, -0.2) is 0 Å². The lowest BCUT2D eigenvalue weighted by atomic mass is 10.4. The van der Waals surface area contributed by atoms with Gasteiger partial charge in [-0.1, -0.05) is 12.2 Å². The molecule has 0 aliphatic carbocycles. The Morgan fingerprint density at radius 3 is 2.00 bits per heavy atom. The molecule has 0 saturated carbocycles. The van der Waals surface area contributed by atoms with Crippen molar-refractivity contribution in [3.63, 3.8) is 0 Å². The fourth-order valence-electron chi connectivity index (χ4n) is 0.482. The highest BCUT2D eigenvalue weighted by Crippen LogP contribution is 2.21. The number of thiol groups is 2. The monoisotopic (exact) mass is 196 g/mol. The second-order valence-corrected chi connectivity index (χ2v) is 3.48. The smallest absolute Gasteiger partial charge is 0.200 e. The Hall–Kier alpha value is 0.680. The molecule has 50 valence electrons. The van der Waals surface area contributed by atoms with Gasteiger partial charge in [0.2, 0.25) is 5.05 Å². The fourth-order valence-corrected chi connectivity index (χ4v) is 1.58. The van der Waals surface area contributed by atoms with Gasteiger partial charge in [-0.3, -0.25) is 0 Å². The SMILES string of the molecule is S=C1OC(S)C(S)C1=S. The number of rotatable bonds is 0. The minimum Gasteiger partial charge on any atom is -0.467 e. The Kier molecular flexibility index (Phi) is 2.37. The van der Waals surface area contributed by atoms with Crippen LogP contribution in [-0.2, 0) is 4.74 Å². The predicted molar refractivity (Wildman–Crippen MR) is 51.8 cm³/mol. The number of hydrogen-bond acceptors (Lipinski definition) is 5. The maximum absolute atomic E-state index is 4.96. The molecule has 9 heavy (non-hydrogen) atoms. The molecule has 0 spiro atoms. The van der Waals surface area contributed by atoms with E-state index in [0.717, 1.165) is 0 Å². The first-order valence-corrected chi connectivity index (χ1v) is 4.09. The lowest BCUT2D eigenvalue weighted by molar-refractivity contribution is 0.323. The van der Waals surface area contributed by atoms with E-state index in [2.05, 4.69) is 25.3 Å². The first kappa shape index (κ1) is 7.78. The molecule has 0 amide bonds. The summed E-state index contributed by atoms with van der Waals surface area (Å²) in [6.45, 7) is 0. The molecule has 5 heteroatoms. The zero-order valence-corrected chi connectivity index (χ0v) is 7.70. The van der Waals surface area contributed by atoms with Crippen molar-refractivity contribution in [2.45, 2.75) is 10.7 Å². The largest absolute Gasteiger partial charge is 0.467 e. The van der Waals surface area contributed by atoms with Crippen LogP contribution in [0.5, 0.6) is 0 Å². The molecule has 1 aliphatic heterocycles. The standard InChI is InChI=1S/C4H4OS4/c6-1-2(7)4(9)5-3(1)8/h1,3,6,8H. The van der Waals surface area contributed by atoms with E-state index >= 15 is 0 Å². The maximum Gasteiger partial charge on any atom is 0.200 e. The summed E-state index contributed by atoms with van der Waals surface area (Å²) in [6, 6.07) is 0. The van der Waals surface area contributed by atoms with Crippen LogP contribution in [0.15, 0.2) is 0 Å². The third kappa shape index (κ3) is 1.39. The van der Waals surface area contributed by atoms with Crippen molar-refractivity contribution in [1.29, 1.82) is 0 Å². The highest BCUT2D eigenvalue weighted by Gasteiger charge is 2.32. The molecule has 0 bridgehead atoms. The molecule has 2 unspecified atom stereocenters. The Morgan fingerprint density at radius 2 is 1.89 bits per heavy atom. The Labute approximate surface area is 75.0 Å². The van der Waals surface area contributed by atoms with E-state index in [9.17, 15) is 0 Å². The molecule has 2 atom stereocenters. The van der Waals surface area contributed by atoms with E-state index in [-0.39, 0.29) is 10.7 Å². The zero-order chi connectivity index (χ0) is 7.02. The summed E-state index contributed by atoms with van der Waals surface area (Å²) in [6.07, 6.45) is 0. The molecule has 1 nitrogen and oxygen atoms in total. The van der Waals surface area contributed by atoms with Gasteiger partial charge in [-0.05, 0) is 12.2 Å². The van der Waals surface area contributed by atoms with Crippen LogP contribution in [-0.4, -0.2) is 20.6 Å². The highest BCUT2D eigenvalue weighted by molar-refractivity contribution is 7.93. The zero-order valence-electron chi connectivity index (χ0n) is 4.27. The van der Waals surface area contributed by atoms with Gasteiger partial charge in [-0.2, -0.15) is 12.6 Å². The van der Waals surface area contributed by atoms with Crippen molar-refractivity contribution in [1.82, 2.24) is 0 Å². The summed E-state index contributed by atoms with van der Waals surface area (Å²) in [4.78, 5) is 0.591. The molecule has 0 aromatic rings. The molecule has 1 fully saturated rings. The first-order valence-electron chi connectivity index (χ1n) is 2.24. The van der Waals surface area contributed by atoms with Crippen LogP contribution >= 0.6 is 49.7 Å². The quantitative estimate of drug-likeness (QED) is 0.446. The van der Waals surface area contributed by atoms with Gasteiger partial charge >= 0.3 is 0 Å². The summed E-state index contributed by atoms with van der Waals surface area (Å²) in [5.74, 6) is 0. The summed E-state index contributed by atoms with van der Waals surface area (Å²) in [5, 5.41) is 0.251. The van der Waals surface area contributed by atoms with Gasteiger partial charge in [0.05, 0.1) is 10.1 Å². The van der Waals surface area contributed by atoms with E-state index in [0.29, 0.717) is 9.92 Å². The van der Waals surface area contributed by atoms with Crippen LogP contribution in [0.2, 0.25) is 0 Å². The molecule has 0 N–H and O–H groups in total. The van der Waals surface area contributed by atoms with Crippen molar-refractivity contribution >= 4 is 59.6 Å². The van der Waals surface area contributed by atoms with Crippen LogP contribution in [0.1, 0.15) is 0 Å². The van der Waals surface area contributed by atoms with E-state index < -0.39 is 0 Å². The highest BCUT2D eigenvalue weighted by atomic mass is 32.1. The van der Waals surface area contributed by atoms with Gasteiger partial charge < -0.3 is 4.74 Å². The van der Waals surface area contributed by atoms with Crippen molar-refractivity contribution in [2.75, 3.05) is 0 Å². The summed E-state index contributed by atoms with van der Waals surface area (Å²) < 4.78 is 4.96. The minimum absolute atomic E-state index is 0.115. The molecule has 0 radical (unpaired) electrons. The molecule has 0 aromatic carbocycles. The van der Waals surface area contributed by atoms with E-state index in [4.69, 9.17) is 29.2 Å². The molecule has 0 aromatic heterocycles. The van der Waals surface area contributed by atoms with Gasteiger partial charge in [0.15, 0.2) is 5.44 Å². The average Bonchev–Trinajstić information content (AvgIpc) is 1.98. The van der Waals surface area contributed by atoms with Crippen LogP contribution in [0, 0.1) is 0 Å². The number of thiocarbonyl (C=S) groups is 2. The van der Waals surface area contributed by atoms with Crippen molar-refractivity contribution in [3.05, 3.63) is 0 Å². The Morgan fingerprint density at radius 1 is 1.33 bits per heavy atom. The van der Waals surface area contributed by atoms with Gasteiger partial charge in [-0.15, -0.1) is 12.6 Å². The Balaban J connectivity index is 2.77. The number of ether oxygens (including phenoxy) is 1. The third-order valence-electron chi connectivity index (χ3n) is 0.968. The van der Waals surface area contributed by atoms with E-state index in [1.807, 2.05) is 0 Å². The topological polar surface area (TPSA) is 9.23 Å². The van der Waals surface area contributed by atoms with Crippen LogP contribution in [0.4, 0.5) is 0 Å². The van der Waals surface area contributed by atoms with Gasteiger partial charge in [0.1, 0.15) is 0 Å². The lowest BCUT2D eigenvalue weighted by Gasteiger charge is -2.02. The van der Waals surface area contributed by atoms with Gasteiger partial charge in [0, 0.05) is 0 Å². The molecule has 1 rings (SSSR count). The Bertz CT molecular complexity index is 166. The second-order valence-electron chi connectivity index (χ2n) is 1.60. The number of hydrogen-bond donors (Lipinski definition) is 2. The lowest BCUT2D eigenvalue weighted by Crippen LogP contribution is -2.14. The first-order chi connectivity index (χ1) is 4.13.